The molecule has 0 spiro atoms. The molecule has 1 rings (SSSR count). The summed E-state index contributed by atoms with van der Waals surface area (Å²) in [5, 5.41) is 21.3. The number of hydrogen-bond donors (Lipinski definition) is 3. The second kappa shape index (κ2) is 6.46. The molecule has 0 bridgehead atoms. The Bertz CT molecular complexity index is 397. The normalized spacial score (nSPS) is 12.1. The van der Waals surface area contributed by atoms with E-state index in [-0.39, 0.29) is 21.9 Å². The van der Waals surface area contributed by atoms with Gasteiger partial charge in [-0.25, -0.2) is 0 Å². The van der Waals surface area contributed by atoms with Gasteiger partial charge in [0.25, 0.3) is 5.91 Å². The van der Waals surface area contributed by atoms with Crippen LogP contribution in [0, 0.1) is 0 Å². The molecule has 1 unspecified atom stereocenters. The van der Waals surface area contributed by atoms with Gasteiger partial charge in [-0.05, 0) is 18.2 Å². The first-order valence-corrected chi connectivity index (χ1v) is 5.89. The predicted molar refractivity (Wildman–Crippen MR) is 66.7 cm³/mol. The van der Waals surface area contributed by atoms with Crippen molar-refractivity contribution in [1.82, 2.24) is 5.32 Å². The molecule has 0 aromatic heterocycles. The molecule has 0 saturated carbocycles. The highest BCUT2D eigenvalue weighted by atomic mass is 79.9. The first kappa shape index (κ1) is 13.8. The number of phenols is 2. The van der Waals surface area contributed by atoms with E-state index in [1.54, 1.807) is 7.11 Å². The number of aromatic hydroxyl groups is 2. The summed E-state index contributed by atoms with van der Waals surface area (Å²) in [6.45, 7) is 0.827. The van der Waals surface area contributed by atoms with Crippen LogP contribution >= 0.6 is 15.9 Å². The van der Waals surface area contributed by atoms with Crippen LogP contribution in [0.1, 0.15) is 10.4 Å². The van der Waals surface area contributed by atoms with Crippen molar-refractivity contribution in [3.63, 3.8) is 0 Å². The summed E-state index contributed by atoms with van der Waals surface area (Å²) in [5.41, 5.74) is 0.0436. The molecule has 1 atom stereocenters. The number of carbonyl (C=O) groups excluding carboxylic acids is 1. The van der Waals surface area contributed by atoms with Crippen LogP contribution in [0.5, 0.6) is 11.5 Å². The molecule has 6 heteroatoms. The van der Waals surface area contributed by atoms with E-state index >= 15 is 0 Å². The Morgan fingerprint density at radius 2 is 2.24 bits per heavy atom. The van der Waals surface area contributed by atoms with Gasteiger partial charge < -0.3 is 20.3 Å². The van der Waals surface area contributed by atoms with Gasteiger partial charge in [0.2, 0.25) is 0 Å². The van der Waals surface area contributed by atoms with Crippen molar-refractivity contribution in [2.75, 3.05) is 20.3 Å². The summed E-state index contributed by atoms with van der Waals surface area (Å²) in [7, 11) is 1.57. The van der Waals surface area contributed by atoms with Gasteiger partial charge in [0.15, 0.2) is 0 Å². The minimum absolute atomic E-state index is 0.00379. The zero-order chi connectivity index (χ0) is 12.8. The molecule has 0 aliphatic heterocycles. The SMILES string of the molecule is COCC(Br)CNC(=O)c1cc(O)ccc1O. The number of amides is 1. The maximum absolute atomic E-state index is 11.7. The van der Waals surface area contributed by atoms with Crippen LogP contribution in [0.25, 0.3) is 0 Å². The molecule has 0 fully saturated rings. The van der Waals surface area contributed by atoms with E-state index in [2.05, 4.69) is 21.2 Å². The van der Waals surface area contributed by atoms with Gasteiger partial charge in [-0.3, -0.25) is 4.79 Å². The van der Waals surface area contributed by atoms with Crippen molar-refractivity contribution in [3.05, 3.63) is 23.8 Å². The molecule has 94 valence electrons. The van der Waals surface area contributed by atoms with Crippen LogP contribution in [0.15, 0.2) is 18.2 Å². The zero-order valence-corrected chi connectivity index (χ0v) is 10.9. The zero-order valence-electron chi connectivity index (χ0n) is 9.31. The van der Waals surface area contributed by atoms with Gasteiger partial charge in [-0.2, -0.15) is 0 Å². The Kier molecular flexibility index (Phi) is 5.24. The van der Waals surface area contributed by atoms with Crippen molar-refractivity contribution in [1.29, 1.82) is 0 Å². The Labute approximate surface area is 108 Å². The summed E-state index contributed by atoms with van der Waals surface area (Å²) in [6, 6.07) is 3.79. The number of rotatable bonds is 5. The Balaban J connectivity index is 2.61. The predicted octanol–water partition coefficient (Wildman–Crippen LogP) is 1.24. The number of carbonyl (C=O) groups is 1. The van der Waals surface area contributed by atoms with Gasteiger partial charge in [-0.15, -0.1) is 0 Å². The van der Waals surface area contributed by atoms with E-state index in [1.807, 2.05) is 0 Å². The minimum Gasteiger partial charge on any atom is -0.508 e. The third-order valence-corrected chi connectivity index (χ3v) is 2.64. The largest absolute Gasteiger partial charge is 0.508 e. The molecular weight excluding hydrogens is 290 g/mol. The fourth-order valence-electron chi connectivity index (χ4n) is 1.24. The number of methoxy groups -OCH3 is 1. The number of alkyl halides is 1. The molecule has 0 aliphatic rings. The molecule has 5 nitrogen and oxygen atoms in total. The molecule has 0 aliphatic carbocycles. The third kappa shape index (κ3) is 4.24. The monoisotopic (exact) mass is 303 g/mol. The highest BCUT2D eigenvalue weighted by molar-refractivity contribution is 9.09. The second-order valence-electron chi connectivity index (χ2n) is 3.46. The maximum Gasteiger partial charge on any atom is 0.255 e. The number of benzene rings is 1. The summed E-state index contributed by atoms with van der Waals surface area (Å²) in [4.78, 5) is 11.7. The van der Waals surface area contributed by atoms with Crippen LogP contribution in [-0.4, -0.2) is 41.2 Å². The Morgan fingerprint density at radius 1 is 1.53 bits per heavy atom. The molecule has 0 radical (unpaired) electrons. The summed E-state index contributed by atoms with van der Waals surface area (Å²) >= 11 is 3.32. The van der Waals surface area contributed by atoms with Gasteiger partial charge in [0.1, 0.15) is 11.5 Å². The smallest absolute Gasteiger partial charge is 0.255 e. The van der Waals surface area contributed by atoms with Crippen LogP contribution in [0.2, 0.25) is 0 Å². The lowest BCUT2D eigenvalue weighted by atomic mass is 10.1. The van der Waals surface area contributed by atoms with Crippen molar-refractivity contribution in [2.24, 2.45) is 0 Å². The number of phenolic OH excluding ortho intramolecular Hbond substituents is 2. The van der Waals surface area contributed by atoms with Gasteiger partial charge >= 0.3 is 0 Å². The lowest BCUT2D eigenvalue weighted by Gasteiger charge is -2.11. The Morgan fingerprint density at radius 3 is 2.88 bits per heavy atom. The maximum atomic E-state index is 11.7. The molecule has 1 aromatic rings. The fraction of sp³-hybridized carbons (Fsp3) is 0.364. The van der Waals surface area contributed by atoms with Crippen LogP contribution in [-0.2, 0) is 4.74 Å². The summed E-state index contributed by atoms with van der Waals surface area (Å²) in [5.74, 6) is -0.683. The van der Waals surface area contributed by atoms with Crippen LogP contribution in [0.3, 0.4) is 0 Å². The third-order valence-electron chi connectivity index (χ3n) is 2.06. The Hall–Kier alpha value is -1.27. The van der Waals surface area contributed by atoms with Crippen molar-refractivity contribution < 1.29 is 19.7 Å². The molecule has 17 heavy (non-hydrogen) atoms. The van der Waals surface area contributed by atoms with E-state index in [1.165, 1.54) is 18.2 Å². The number of hydrogen-bond acceptors (Lipinski definition) is 4. The van der Waals surface area contributed by atoms with Crippen molar-refractivity contribution in [3.8, 4) is 11.5 Å². The lowest BCUT2D eigenvalue weighted by Crippen LogP contribution is -2.31. The topological polar surface area (TPSA) is 78.8 Å². The average molecular weight is 304 g/mol. The summed E-state index contributed by atoms with van der Waals surface area (Å²) in [6.07, 6.45) is 0. The first-order valence-electron chi connectivity index (χ1n) is 4.97. The van der Waals surface area contributed by atoms with E-state index in [9.17, 15) is 15.0 Å². The number of halogens is 1. The molecule has 0 saturated heterocycles. The molecule has 1 amide bonds. The molecule has 3 N–H and O–H groups in total. The van der Waals surface area contributed by atoms with Gasteiger partial charge in [-0.1, -0.05) is 15.9 Å². The second-order valence-corrected chi connectivity index (χ2v) is 4.76. The van der Waals surface area contributed by atoms with E-state index in [4.69, 9.17) is 4.74 Å². The number of nitrogens with one attached hydrogen (secondary N) is 1. The van der Waals surface area contributed by atoms with Crippen LogP contribution in [0.4, 0.5) is 0 Å². The highest BCUT2D eigenvalue weighted by Gasteiger charge is 2.13. The van der Waals surface area contributed by atoms with E-state index < -0.39 is 5.91 Å². The quantitative estimate of drug-likeness (QED) is 0.565. The van der Waals surface area contributed by atoms with Crippen molar-refractivity contribution >= 4 is 21.8 Å². The van der Waals surface area contributed by atoms with Crippen molar-refractivity contribution in [2.45, 2.75) is 4.83 Å². The fourth-order valence-corrected chi connectivity index (χ4v) is 1.67. The summed E-state index contributed by atoms with van der Waals surface area (Å²) < 4.78 is 4.90. The standard InChI is InChI=1S/C11H14BrNO4/c1-17-6-7(12)5-13-11(16)9-4-8(14)2-3-10(9)15/h2-4,7,14-15H,5-6H2,1H3,(H,13,16). The molecule has 0 heterocycles. The lowest BCUT2D eigenvalue weighted by molar-refractivity contribution is 0.0947. The van der Waals surface area contributed by atoms with Gasteiger partial charge in [0.05, 0.1) is 17.0 Å². The van der Waals surface area contributed by atoms with E-state index in [0.29, 0.717) is 13.2 Å². The van der Waals surface area contributed by atoms with Gasteiger partial charge in [0, 0.05) is 13.7 Å². The minimum atomic E-state index is -0.445. The highest BCUT2D eigenvalue weighted by Crippen LogP contribution is 2.21. The first-order chi connectivity index (χ1) is 8.04. The number of ether oxygens (including phenoxy) is 1. The van der Waals surface area contributed by atoms with Crippen LogP contribution < -0.4 is 5.32 Å². The molecular formula is C11H14BrNO4. The van der Waals surface area contributed by atoms with E-state index in [0.717, 1.165) is 0 Å². The molecule has 1 aromatic carbocycles. The average Bonchev–Trinajstić information content (AvgIpc) is 2.29.